The highest BCUT2D eigenvalue weighted by Crippen LogP contribution is 2.28. The van der Waals surface area contributed by atoms with E-state index in [1.54, 1.807) is 11.0 Å². The molecule has 6 nitrogen and oxygen atoms in total. The third-order valence-electron chi connectivity index (χ3n) is 3.73. The summed E-state index contributed by atoms with van der Waals surface area (Å²) < 4.78 is 19.3. The van der Waals surface area contributed by atoms with Crippen LogP contribution >= 0.6 is 0 Å². The molecule has 1 saturated heterocycles. The molecule has 2 aliphatic heterocycles. The lowest BCUT2D eigenvalue weighted by Crippen LogP contribution is -2.52. The van der Waals surface area contributed by atoms with Crippen molar-refractivity contribution >= 4 is 11.8 Å². The molecule has 1 aromatic carbocycles. The fraction of sp³-hybridized carbons (Fsp3) is 0.385. The lowest BCUT2D eigenvalue weighted by molar-refractivity contribution is -0.149. The molecule has 0 saturated carbocycles. The molecule has 0 spiro atoms. The summed E-state index contributed by atoms with van der Waals surface area (Å²) in [5, 5.41) is 8.61. The van der Waals surface area contributed by atoms with Crippen molar-refractivity contribution in [2.75, 3.05) is 13.2 Å². The first-order valence-electron chi connectivity index (χ1n) is 6.23. The maximum Gasteiger partial charge on any atom is 0.274 e. The Balaban J connectivity index is 1.99. The highest BCUT2D eigenvalue weighted by Gasteiger charge is 2.34. The molecule has 20 heavy (non-hydrogen) atoms. The van der Waals surface area contributed by atoms with Gasteiger partial charge in [-0.1, -0.05) is 0 Å². The normalized spacial score (nSPS) is 21.2. The molecule has 0 unspecified atom stereocenters. The van der Waals surface area contributed by atoms with Crippen LogP contribution in [0.3, 0.4) is 0 Å². The molecule has 2 amide bonds. The first kappa shape index (κ1) is 13.0. The van der Waals surface area contributed by atoms with Crippen LogP contribution in [0, 0.1) is 5.82 Å². The first-order valence-corrected chi connectivity index (χ1v) is 6.23. The van der Waals surface area contributed by atoms with Crippen LogP contribution in [-0.4, -0.2) is 41.2 Å². The van der Waals surface area contributed by atoms with Crippen molar-refractivity contribution in [1.82, 2.24) is 10.4 Å². The van der Waals surface area contributed by atoms with Crippen molar-refractivity contribution in [1.29, 1.82) is 0 Å². The summed E-state index contributed by atoms with van der Waals surface area (Å²) in [5.41, 5.74) is 2.63. The van der Waals surface area contributed by atoms with E-state index in [0.717, 1.165) is 6.07 Å². The molecule has 7 heteroatoms. The van der Waals surface area contributed by atoms with Gasteiger partial charge in [0, 0.05) is 17.7 Å². The van der Waals surface area contributed by atoms with Crippen LogP contribution < -0.4 is 5.48 Å². The zero-order valence-corrected chi connectivity index (χ0v) is 10.6. The second-order valence-electron chi connectivity index (χ2n) is 4.93. The van der Waals surface area contributed by atoms with Gasteiger partial charge in [-0.05, 0) is 24.1 Å². The second kappa shape index (κ2) is 4.84. The molecule has 0 radical (unpaired) electrons. The summed E-state index contributed by atoms with van der Waals surface area (Å²) in [6.07, 6.45) is 0.435. The predicted octanol–water partition coefficient (Wildman–Crippen LogP) is 0.228. The van der Waals surface area contributed by atoms with Crippen molar-refractivity contribution in [2.45, 2.75) is 19.0 Å². The molecule has 2 aliphatic rings. The number of nitrogens with zero attached hydrogens (tertiary/aromatic N) is 1. The summed E-state index contributed by atoms with van der Waals surface area (Å²) in [6, 6.07) is 2.48. The van der Waals surface area contributed by atoms with Gasteiger partial charge in [0.1, 0.15) is 12.4 Å². The lowest BCUT2D eigenvalue weighted by atomic mass is 9.91. The number of rotatable bonds is 1. The van der Waals surface area contributed by atoms with E-state index in [0.29, 0.717) is 24.2 Å². The van der Waals surface area contributed by atoms with Crippen LogP contribution in [-0.2, 0) is 22.5 Å². The predicted molar refractivity (Wildman–Crippen MR) is 64.5 cm³/mol. The highest BCUT2D eigenvalue weighted by molar-refractivity contribution is 5.93. The van der Waals surface area contributed by atoms with E-state index >= 15 is 0 Å². The van der Waals surface area contributed by atoms with Gasteiger partial charge in [0.05, 0.1) is 12.6 Å². The number of hydrogen-bond acceptors (Lipinski definition) is 4. The quantitative estimate of drug-likeness (QED) is 0.570. The van der Waals surface area contributed by atoms with Crippen LogP contribution in [0.4, 0.5) is 4.39 Å². The fourth-order valence-electron chi connectivity index (χ4n) is 2.72. The molecule has 0 aromatic heterocycles. The van der Waals surface area contributed by atoms with Crippen LogP contribution in [0.5, 0.6) is 0 Å². The molecule has 1 aromatic rings. The second-order valence-corrected chi connectivity index (χ2v) is 4.93. The fourth-order valence-corrected chi connectivity index (χ4v) is 2.72. The topological polar surface area (TPSA) is 78.9 Å². The number of nitrogens with one attached hydrogen (secondary N) is 1. The number of halogens is 1. The minimum Gasteiger partial charge on any atom is -0.369 e. The number of benzene rings is 1. The smallest absolute Gasteiger partial charge is 0.274 e. The van der Waals surface area contributed by atoms with Gasteiger partial charge in [-0.15, -0.1) is 0 Å². The highest BCUT2D eigenvalue weighted by atomic mass is 19.1. The van der Waals surface area contributed by atoms with Gasteiger partial charge in [-0.2, -0.15) is 0 Å². The summed E-state index contributed by atoms with van der Waals surface area (Å²) >= 11 is 0. The summed E-state index contributed by atoms with van der Waals surface area (Å²) in [7, 11) is 0. The van der Waals surface area contributed by atoms with Crippen LogP contribution in [0.1, 0.15) is 21.5 Å². The minimum atomic E-state index is -0.759. The number of carbonyl (C=O) groups is 2. The molecular weight excluding hydrogens is 267 g/mol. The Morgan fingerprint density at radius 2 is 2.30 bits per heavy atom. The molecule has 106 valence electrons. The number of morpholine rings is 1. The van der Waals surface area contributed by atoms with E-state index in [4.69, 9.17) is 9.94 Å². The Bertz CT molecular complexity index is 590. The van der Waals surface area contributed by atoms with Crippen molar-refractivity contribution in [3.05, 3.63) is 34.6 Å². The molecule has 2 heterocycles. The molecule has 0 aliphatic carbocycles. The molecular formula is C13H13FN2O4. The van der Waals surface area contributed by atoms with Gasteiger partial charge in [-0.25, -0.2) is 9.87 Å². The third-order valence-corrected chi connectivity index (χ3v) is 3.73. The van der Waals surface area contributed by atoms with Crippen molar-refractivity contribution < 1.29 is 23.9 Å². The molecule has 2 N–H and O–H groups in total. The number of ether oxygens (including phenoxy) is 1. The number of amides is 2. The number of hydrogen-bond donors (Lipinski definition) is 2. The molecule has 1 atom stereocenters. The van der Waals surface area contributed by atoms with Gasteiger partial charge in [-0.3, -0.25) is 14.8 Å². The van der Waals surface area contributed by atoms with E-state index < -0.39 is 11.7 Å². The number of carbonyl (C=O) groups excluding carboxylic acids is 2. The third kappa shape index (κ3) is 2.04. The van der Waals surface area contributed by atoms with Crippen molar-refractivity contribution in [2.24, 2.45) is 0 Å². The maximum atomic E-state index is 14.1. The maximum absolute atomic E-state index is 14.1. The summed E-state index contributed by atoms with van der Waals surface area (Å²) in [5.74, 6) is -1.45. The van der Waals surface area contributed by atoms with Crippen molar-refractivity contribution in [3.8, 4) is 0 Å². The van der Waals surface area contributed by atoms with Gasteiger partial charge in [0.15, 0.2) is 0 Å². The SMILES string of the molecule is O=C(NO)c1cc(F)c2c(c1)C[C@H]1COCC(=O)N1C2. The van der Waals surface area contributed by atoms with Crippen molar-refractivity contribution in [3.63, 3.8) is 0 Å². The van der Waals surface area contributed by atoms with Crippen LogP contribution in [0.2, 0.25) is 0 Å². The zero-order valence-electron chi connectivity index (χ0n) is 10.6. The minimum absolute atomic E-state index is 0.0262. The molecule has 1 fully saturated rings. The van der Waals surface area contributed by atoms with E-state index in [9.17, 15) is 14.0 Å². The standard InChI is InChI=1S/C13H13FN2O4/c14-11-3-8(13(18)15-19)1-7-2-9-5-20-6-12(17)16(9)4-10(7)11/h1,3,9,19H,2,4-6H2,(H,15,18)/t9-/m0/s1. The Kier molecular flexibility index (Phi) is 3.15. The van der Waals surface area contributed by atoms with Gasteiger partial charge in [0.25, 0.3) is 5.91 Å². The molecule has 0 bridgehead atoms. The summed E-state index contributed by atoms with van der Waals surface area (Å²) in [6.45, 7) is 0.622. The average Bonchev–Trinajstić information content (AvgIpc) is 2.45. The molecule has 3 rings (SSSR count). The zero-order chi connectivity index (χ0) is 14.3. The van der Waals surface area contributed by atoms with Crippen LogP contribution in [0.15, 0.2) is 12.1 Å². The van der Waals surface area contributed by atoms with Crippen LogP contribution in [0.25, 0.3) is 0 Å². The van der Waals surface area contributed by atoms with Gasteiger partial charge >= 0.3 is 0 Å². The van der Waals surface area contributed by atoms with Gasteiger partial charge < -0.3 is 9.64 Å². The van der Waals surface area contributed by atoms with E-state index in [1.807, 2.05) is 0 Å². The summed E-state index contributed by atoms with van der Waals surface area (Å²) in [4.78, 5) is 24.7. The number of fused-ring (bicyclic) bond motifs is 2. The Hall–Kier alpha value is -1.99. The lowest BCUT2D eigenvalue weighted by Gasteiger charge is -2.40. The Morgan fingerprint density at radius 1 is 1.50 bits per heavy atom. The largest absolute Gasteiger partial charge is 0.369 e. The Labute approximate surface area is 114 Å². The average molecular weight is 280 g/mol. The van der Waals surface area contributed by atoms with E-state index in [1.165, 1.54) is 5.48 Å². The van der Waals surface area contributed by atoms with E-state index in [-0.39, 0.29) is 30.7 Å². The Morgan fingerprint density at radius 3 is 3.05 bits per heavy atom. The number of hydroxylamine groups is 1. The van der Waals surface area contributed by atoms with Gasteiger partial charge in [0.2, 0.25) is 5.91 Å². The van der Waals surface area contributed by atoms with E-state index in [2.05, 4.69) is 0 Å². The first-order chi connectivity index (χ1) is 9.60. The monoisotopic (exact) mass is 280 g/mol.